The molecule has 0 unspecified atom stereocenters. The number of hydrogen-bond acceptors (Lipinski definition) is 5. The Labute approximate surface area is 119 Å². The van der Waals surface area contributed by atoms with Gasteiger partial charge >= 0.3 is 0 Å². The topological polar surface area (TPSA) is 42.4 Å². The van der Waals surface area contributed by atoms with Gasteiger partial charge in [-0.05, 0) is 31.2 Å². The largest absolute Gasteiger partial charge is 0.493 e. The monoisotopic (exact) mass is 293 g/mol. The van der Waals surface area contributed by atoms with E-state index in [1.807, 2.05) is 6.92 Å². The maximum atomic E-state index is 8.79. The van der Waals surface area contributed by atoms with Gasteiger partial charge in [-0.15, -0.1) is 22.7 Å². The summed E-state index contributed by atoms with van der Waals surface area (Å²) in [5, 5.41) is 13.1. The van der Waals surface area contributed by atoms with Crippen molar-refractivity contribution in [1.29, 1.82) is 0 Å². The first-order chi connectivity index (χ1) is 9.29. The van der Waals surface area contributed by atoms with E-state index in [0.717, 1.165) is 34.5 Å². The van der Waals surface area contributed by atoms with Crippen molar-refractivity contribution < 1.29 is 9.84 Å². The summed E-state index contributed by atoms with van der Waals surface area (Å²) in [6.45, 7) is 2.91. The van der Waals surface area contributed by atoms with Gasteiger partial charge in [0.1, 0.15) is 5.75 Å². The second-order valence-corrected chi connectivity index (χ2v) is 6.55. The van der Waals surface area contributed by atoms with Gasteiger partial charge in [-0.3, -0.25) is 0 Å². The molecule has 19 heavy (non-hydrogen) atoms. The van der Waals surface area contributed by atoms with Crippen LogP contribution in [-0.2, 0) is 0 Å². The molecule has 3 nitrogen and oxygen atoms in total. The minimum atomic E-state index is 0.226. The van der Waals surface area contributed by atoms with Crippen LogP contribution in [-0.4, -0.2) is 23.3 Å². The van der Waals surface area contributed by atoms with Gasteiger partial charge in [0.15, 0.2) is 0 Å². The van der Waals surface area contributed by atoms with E-state index < -0.39 is 0 Å². The number of hydrogen-bond donors (Lipinski definition) is 1. The molecule has 0 saturated heterocycles. The van der Waals surface area contributed by atoms with Crippen LogP contribution in [0.4, 0.5) is 0 Å². The Morgan fingerprint density at radius 1 is 1.37 bits per heavy atom. The first-order valence-electron chi connectivity index (χ1n) is 6.30. The second kappa shape index (κ2) is 5.45. The fourth-order valence-electron chi connectivity index (χ4n) is 2.10. The highest BCUT2D eigenvalue weighted by Crippen LogP contribution is 2.38. The van der Waals surface area contributed by atoms with E-state index in [4.69, 9.17) is 9.84 Å². The van der Waals surface area contributed by atoms with Crippen LogP contribution >= 0.6 is 22.7 Å². The zero-order valence-corrected chi connectivity index (χ0v) is 12.3. The number of aliphatic hydroxyl groups is 1. The van der Waals surface area contributed by atoms with Crippen LogP contribution in [0.2, 0.25) is 0 Å². The minimum absolute atomic E-state index is 0.226. The first-order valence-corrected chi connectivity index (χ1v) is 8.00. The molecule has 2 heterocycles. The van der Waals surface area contributed by atoms with Crippen LogP contribution in [0.3, 0.4) is 0 Å². The number of aryl methyl sites for hydroxylation is 1. The van der Waals surface area contributed by atoms with Crippen molar-refractivity contribution in [2.24, 2.45) is 0 Å². The van der Waals surface area contributed by atoms with Crippen molar-refractivity contribution in [1.82, 2.24) is 4.98 Å². The zero-order chi connectivity index (χ0) is 13.2. The summed E-state index contributed by atoms with van der Waals surface area (Å²) in [5.74, 6) is 0.935. The molecule has 0 amide bonds. The van der Waals surface area contributed by atoms with Crippen LogP contribution < -0.4 is 4.74 Å². The van der Waals surface area contributed by atoms with E-state index in [0.29, 0.717) is 6.61 Å². The van der Waals surface area contributed by atoms with E-state index in [2.05, 4.69) is 22.5 Å². The van der Waals surface area contributed by atoms with Gasteiger partial charge in [0, 0.05) is 18.1 Å². The van der Waals surface area contributed by atoms with E-state index in [9.17, 15) is 0 Å². The molecule has 5 heteroatoms. The molecule has 1 N–H and O–H groups in total. The van der Waals surface area contributed by atoms with Gasteiger partial charge < -0.3 is 9.84 Å². The maximum Gasteiger partial charge on any atom is 0.129 e. The molecule has 0 aliphatic rings. The Hall–Kier alpha value is -1.17. The fourth-order valence-corrected chi connectivity index (χ4v) is 3.94. The van der Waals surface area contributed by atoms with Crippen molar-refractivity contribution >= 4 is 43.0 Å². The molecule has 0 radical (unpaired) electrons. The van der Waals surface area contributed by atoms with Gasteiger partial charge in [-0.25, -0.2) is 4.98 Å². The normalized spacial score (nSPS) is 11.5. The predicted molar refractivity (Wildman–Crippen MR) is 81.6 cm³/mol. The van der Waals surface area contributed by atoms with Crippen LogP contribution in [0.1, 0.15) is 17.8 Å². The first kappa shape index (κ1) is 12.8. The Balaban J connectivity index is 1.99. The van der Waals surface area contributed by atoms with Gasteiger partial charge in [0.05, 0.1) is 26.5 Å². The molecule has 0 saturated carbocycles. The van der Waals surface area contributed by atoms with Crippen LogP contribution in [0.5, 0.6) is 5.75 Å². The van der Waals surface area contributed by atoms with Gasteiger partial charge in [0.25, 0.3) is 0 Å². The van der Waals surface area contributed by atoms with Crippen LogP contribution in [0, 0.1) is 6.92 Å². The average molecular weight is 293 g/mol. The third-order valence-electron chi connectivity index (χ3n) is 2.98. The van der Waals surface area contributed by atoms with E-state index in [1.165, 1.54) is 9.40 Å². The number of thiazole rings is 1. The zero-order valence-electron chi connectivity index (χ0n) is 10.7. The molecular formula is C14H15NO2S2. The molecule has 0 fully saturated rings. The highest BCUT2D eigenvalue weighted by atomic mass is 32.1. The van der Waals surface area contributed by atoms with Gasteiger partial charge in [-0.1, -0.05) is 0 Å². The smallest absolute Gasteiger partial charge is 0.129 e. The molecular weight excluding hydrogens is 278 g/mol. The Morgan fingerprint density at radius 2 is 2.26 bits per heavy atom. The van der Waals surface area contributed by atoms with Crippen molar-refractivity contribution in [3.05, 3.63) is 22.5 Å². The lowest BCUT2D eigenvalue weighted by atomic mass is 10.2. The lowest BCUT2D eigenvalue weighted by molar-refractivity contribution is 0.254. The summed E-state index contributed by atoms with van der Waals surface area (Å²) < 4.78 is 8.26. The summed E-state index contributed by atoms with van der Waals surface area (Å²) >= 11 is 3.42. The number of aliphatic hydroxyl groups excluding tert-OH is 1. The molecule has 0 aliphatic heterocycles. The standard InChI is InChI=1S/C14H15NO2S2/c1-9-15-13-12(19-9)8-11(17-6-3-2-5-16)10-4-7-18-14(10)13/h4,7-8,16H,2-3,5-6H2,1H3. The van der Waals surface area contributed by atoms with E-state index in [1.54, 1.807) is 22.7 Å². The lowest BCUT2D eigenvalue weighted by Crippen LogP contribution is -1.98. The van der Waals surface area contributed by atoms with Crippen molar-refractivity contribution in [2.45, 2.75) is 19.8 Å². The number of ether oxygens (including phenoxy) is 1. The molecule has 3 aromatic rings. The number of rotatable bonds is 5. The summed E-state index contributed by atoms with van der Waals surface area (Å²) in [6, 6.07) is 4.18. The van der Waals surface area contributed by atoms with E-state index in [-0.39, 0.29) is 6.61 Å². The van der Waals surface area contributed by atoms with Gasteiger partial charge in [0.2, 0.25) is 0 Å². The fraction of sp³-hybridized carbons (Fsp3) is 0.357. The molecule has 3 rings (SSSR count). The number of benzene rings is 1. The molecule has 0 atom stereocenters. The third kappa shape index (κ3) is 2.45. The minimum Gasteiger partial charge on any atom is -0.493 e. The third-order valence-corrected chi connectivity index (χ3v) is 4.82. The van der Waals surface area contributed by atoms with E-state index >= 15 is 0 Å². The van der Waals surface area contributed by atoms with Crippen molar-refractivity contribution in [3.63, 3.8) is 0 Å². The molecule has 0 spiro atoms. The quantitative estimate of drug-likeness (QED) is 0.724. The second-order valence-electron chi connectivity index (χ2n) is 4.40. The molecule has 2 aromatic heterocycles. The summed E-state index contributed by atoms with van der Waals surface area (Å²) in [5.41, 5.74) is 1.09. The lowest BCUT2D eigenvalue weighted by Gasteiger charge is -2.07. The summed E-state index contributed by atoms with van der Waals surface area (Å²) in [6.07, 6.45) is 1.66. The van der Waals surface area contributed by atoms with Crippen LogP contribution in [0.25, 0.3) is 20.3 Å². The SMILES string of the molecule is Cc1nc2c(cc(OCCCCO)c3ccsc32)s1. The molecule has 0 aliphatic carbocycles. The summed E-state index contributed by atoms with van der Waals surface area (Å²) in [4.78, 5) is 4.60. The summed E-state index contributed by atoms with van der Waals surface area (Å²) in [7, 11) is 0. The average Bonchev–Trinajstić information content (AvgIpc) is 2.99. The number of nitrogens with zero attached hydrogens (tertiary/aromatic N) is 1. The van der Waals surface area contributed by atoms with Gasteiger partial charge in [-0.2, -0.15) is 0 Å². The maximum absolute atomic E-state index is 8.79. The molecule has 1 aromatic carbocycles. The number of aromatic nitrogens is 1. The number of fused-ring (bicyclic) bond motifs is 3. The van der Waals surface area contributed by atoms with Crippen molar-refractivity contribution in [3.8, 4) is 5.75 Å². The number of unbranched alkanes of at least 4 members (excludes halogenated alkanes) is 1. The highest BCUT2D eigenvalue weighted by molar-refractivity contribution is 7.21. The van der Waals surface area contributed by atoms with Crippen LogP contribution in [0.15, 0.2) is 17.5 Å². The molecule has 0 bridgehead atoms. The Kier molecular flexibility index (Phi) is 3.68. The Morgan fingerprint density at radius 3 is 3.11 bits per heavy atom. The number of thiophene rings is 1. The van der Waals surface area contributed by atoms with Crippen molar-refractivity contribution in [2.75, 3.05) is 13.2 Å². The predicted octanol–water partition coefficient (Wildman–Crippen LogP) is 3.97. The Bertz CT molecular complexity index is 702. The highest BCUT2D eigenvalue weighted by Gasteiger charge is 2.12. The molecule has 100 valence electrons.